The summed E-state index contributed by atoms with van der Waals surface area (Å²) >= 11 is 2.92. The van der Waals surface area contributed by atoms with Gasteiger partial charge in [0.15, 0.2) is 10.8 Å². The van der Waals surface area contributed by atoms with Crippen LogP contribution >= 0.6 is 23.1 Å². The Hall–Kier alpha value is -2.24. The molecule has 1 fully saturated rings. The molecule has 0 unspecified atom stereocenters. The van der Waals surface area contributed by atoms with Crippen LogP contribution in [0.15, 0.2) is 11.4 Å². The molecule has 9 nitrogen and oxygen atoms in total. The minimum Gasteiger partial charge on any atom is -0.378 e. The molecule has 29 heavy (non-hydrogen) atoms. The highest BCUT2D eigenvalue weighted by atomic mass is 32.2. The van der Waals surface area contributed by atoms with E-state index in [0.29, 0.717) is 36.3 Å². The van der Waals surface area contributed by atoms with Gasteiger partial charge >= 0.3 is 0 Å². The number of anilines is 1. The van der Waals surface area contributed by atoms with Crippen molar-refractivity contribution in [1.82, 2.24) is 30.0 Å². The Kier molecular flexibility index (Phi) is 5.97. The maximum atomic E-state index is 12.4. The Bertz CT molecular complexity index is 1030. The molecule has 1 N–H and O–H groups in total. The van der Waals surface area contributed by atoms with Crippen LogP contribution in [0.5, 0.6) is 0 Å². The van der Waals surface area contributed by atoms with Gasteiger partial charge in [0.05, 0.1) is 42.0 Å². The number of thioether (sulfide) groups is 1. The lowest BCUT2D eigenvalue weighted by Crippen LogP contribution is -2.37. The number of amides is 1. The van der Waals surface area contributed by atoms with Crippen molar-refractivity contribution in [2.75, 3.05) is 44.0 Å². The highest BCUT2D eigenvalue weighted by Crippen LogP contribution is 2.27. The summed E-state index contributed by atoms with van der Waals surface area (Å²) in [7, 11) is 0. The predicted octanol–water partition coefficient (Wildman–Crippen LogP) is 1.89. The molecular weight excluding hydrogens is 410 g/mol. The van der Waals surface area contributed by atoms with Crippen LogP contribution in [0.2, 0.25) is 0 Å². The molecule has 3 aromatic rings. The molecule has 0 radical (unpaired) electrons. The third-order valence-electron chi connectivity index (χ3n) is 4.67. The van der Waals surface area contributed by atoms with E-state index in [-0.39, 0.29) is 5.91 Å². The second-order valence-electron chi connectivity index (χ2n) is 6.64. The average Bonchev–Trinajstić information content (AvgIpc) is 3.30. The largest absolute Gasteiger partial charge is 0.378 e. The quantitative estimate of drug-likeness (QED) is 0.465. The van der Waals surface area contributed by atoms with Crippen LogP contribution in [0.3, 0.4) is 0 Å². The van der Waals surface area contributed by atoms with Gasteiger partial charge in [0.1, 0.15) is 10.7 Å². The highest BCUT2D eigenvalue weighted by Gasteiger charge is 2.20. The van der Waals surface area contributed by atoms with Gasteiger partial charge in [-0.25, -0.2) is 19.6 Å². The molecule has 1 saturated heterocycles. The van der Waals surface area contributed by atoms with Gasteiger partial charge in [-0.2, -0.15) is 5.10 Å². The minimum absolute atomic E-state index is 0.0991. The summed E-state index contributed by atoms with van der Waals surface area (Å²) in [5, 5.41) is 9.98. The van der Waals surface area contributed by atoms with Gasteiger partial charge in [0, 0.05) is 19.6 Å². The van der Waals surface area contributed by atoms with E-state index in [2.05, 4.69) is 25.3 Å². The molecule has 0 atom stereocenters. The number of thiazole rings is 1. The van der Waals surface area contributed by atoms with E-state index in [9.17, 15) is 4.79 Å². The topological polar surface area (TPSA) is 98.1 Å². The number of hydrogen-bond acceptors (Lipinski definition) is 9. The normalized spacial score (nSPS) is 14.5. The first kappa shape index (κ1) is 20.0. The molecule has 4 heterocycles. The molecule has 1 aliphatic heterocycles. The van der Waals surface area contributed by atoms with Crippen LogP contribution in [0.25, 0.3) is 11.0 Å². The lowest BCUT2D eigenvalue weighted by Gasteiger charge is -2.28. The number of carbonyl (C=O) groups is 1. The van der Waals surface area contributed by atoms with Crippen molar-refractivity contribution in [2.24, 2.45) is 0 Å². The standard InChI is InChI=1S/C18H23N7O2S2/c1-11-14(29-12(2)21-11)17(26)19-4-5-25-16-13(10-20-25)15(22-18(23-16)28-3)24-6-8-27-9-7-24/h10H,4-9H2,1-3H3,(H,19,26). The average molecular weight is 434 g/mol. The highest BCUT2D eigenvalue weighted by molar-refractivity contribution is 7.98. The van der Waals surface area contributed by atoms with Gasteiger partial charge in [-0.3, -0.25) is 4.79 Å². The zero-order valence-electron chi connectivity index (χ0n) is 16.6. The van der Waals surface area contributed by atoms with Gasteiger partial charge in [-0.1, -0.05) is 11.8 Å². The van der Waals surface area contributed by atoms with Crippen molar-refractivity contribution in [3.05, 3.63) is 21.8 Å². The molecule has 0 aliphatic carbocycles. The van der Waals surface area contributed by atoms with E-state index >= 15 is 0 Å². The maximum Gasteiger partial charge on any atom is 0.263 e. The zero-order chi connectivity index (χ0) is 20.4. The molecule has 0 aromatic carbocycles. The molecule has 11 heteroatoms. The number of carbonyl (C=O) groups excluding carboxylic acids is 1. The van der Waals surface area contributed by atoms with E-state index in [4.69, 9.17) is 9.72 Å². The molecule has 1 amide bonds. The minimum atomic E-state index is -0.0991. The van der Waals surface area contributed by atoms with Crippen molar-refractivity contribution in [2.45, 2.75) is 25.5 Å². The van der Waals surface area contributed by atoms with E-state index in [1.807, 2.05) is 31.0 Å². The van der Waals surface area contributed by atoms with Crippen LogP contribution in [-0.2, 0) is 11.3 Å². The van der Waals surface area contributed by atoms with Gasteiger partial charge in [-0.05, 0) is 20.1 Å². The maximum absolute atomic E-state index is 12.4. The van der Waals surface area contributed by atoms with E-state index < -0.39 is 0 Å². The lowest BCUT2D eigenvalue weighted by molar-refractivity contribution is 0.0955. The van der Waals surface area contributed by atoms with Crippen LogP contribution in [0.1, 0.15) is 20.4 Å². The Balaban J connectivity index is 1.52. The molecular formula is C18H23N7O2S2. The number of fused-ring (bicyclic) bond motifs is 1. The van der Waals surface area contributed by atoms with E-state index in [1.54, 1.807) is 0 Å². The first-order valence-electron chi connectivity index (χ1n) is 9.39. The molecule has 154 valence electrons. The van der Waals surface area contributed by atoms with Crippen LogP contribution in [-0.4, -0.2) is 69.7 Å². The Morgan fingerprint density at radius 3 is 2.76 bits per heavy atom. The summed E-state index contributed by atoms with van der Waals surface area (Å²) in [5.74, 6) is 0.798. The number of nitrogens with one attached hydrogen (secondary N) is 1. The number of rotatable bonds is 6. The van der Waals surface area contributed by atoms with Crippen LogP contribution in [0.4, 0.5) is 5.82 Å². The first-order chi connectivity index (χ1) is 14.1. The SMILES string of the molecule is CSc1nc(N2CCOCC2)c2cnn(CCNC(=O)c3sc(C)nc3C)c2n1. The Morgan fingerprint density at radius 2 is 2.07 bits per heavy atom. The predicted molar refractivity (Wildman–Crippen MR) is 114 cm³/mol. The Morgan fingerprint density at radius 1 is 1.28 bits per heavy atom. The summed E-state index contributed by atoms with van der Waals surface area (Å²) in [5.41, 5.74) is 1.55. The second-order valence-corrected chi connectivity index (χ2v) is 8.62. The first-order valence-corrected chi connectivity index (χ1v) is 11.4. The number of hydrogen-bond donors (Lipinski definition) is 1. The molecule has 0 saturated carbocycles. The summed E-state index contributed by atoms with van der Waals surface area (Å²) in [4.78, 5) is 29.0. The van der Waals surface area contributed by atoms with Crippen molar-refractivity contribution in [3.8, 4) is 0 Å². The third kappa shape index (κ3) is 4.21. The van der Waals surface area contributed by atoms with E-state index in [0.717, 1.165) is 40.6 Å². The van der Waals surface area contributed by atoms with Crippen molar-refractivity contribution >= 4 is 45.9 Å². The van der Waals surface area contributed by atoms with Crippen LogP contribution in [0, 0.1) is 13.8 Å². The van der Waals surface area contributed by atoms with Crippen molar-refractivity contribution < 1.29 is 9.53 Å². The van der Waals surface area contributed by atoms with Gasteiger partial charge in [-0.15, -0.1) is 11.3 Å². The van der Waals surface area contributed by atoms with Gasteiger partial charge in [0.25, 0.3) is 5.91 Å². The monoisotopic (exact) mass is 433 g/mol. The fourth-order valence-corrected chi connectivity index (χ4v) is 4.48. The molecule has 0 bridgehead atoms. The fraction of sp³-hybridized carbons (Fsp3) is 0.500. The summed E-state index contributed by atoms with van der Waals surface area (Å²) in [6, 6.07) is 0. The number of aryl methyl sites for hydroxylation is 2. The Labute approximate surface area is 176 Å². The number of nitrogens with zero attached hydrogens (tertiary/aromatic N) is 6. The summed E-state index contributed by atoms with van der Waals surface area (Å²) in [6.45, 7) is 7.72. The van der Waals surface area contributed by atoms with Crippen molar-refractivity contribution in [1.29, 1.82) is 0 Å². The van der Waals surface area contributed by atoms with Crippen LogP contribution < -0.4 is 10.2 Å². The number of morpholine rings is 1. The molecule has 0 spiro atoms. The summed E-state index contributed by atoms with van der Waals surface area (Å²) in [6.07, 6.45) is 3.77. The molecule has 4 rings (SSSR count). The lowest BCUT2D eigenvalue weighted by atomic mass is 10.3. The zero-order valence-corrected chi connectivity index (χ0v) is 18.3. The number of aromatic nitrogens is 5. The smallest absolute Gasteiger partial charge is 0.263 e. The van der Waals surface area contributed by atoms with E-state index in [1.165, 1.54) is 23.1 Å². The molecule has 3 aromatic heterocycles. The van der Waals surface area contributed by atoms with Crippen molar-refractivity contribution in [3.63, 3.8) is 0 Å². The van der Waals surface area contributed by atoms with Gasteiger partial charge < -0.3 is 15.0 Å². The second kappa shape index (κ2) is 8.64. The summed E-state index contributed by atoms with van der Waals surface area (Å²) < 4.78 is 7.29. The number of ether oxygens (including phenoxy) is 1. The molecule has 1 aliphatic rings. The third-order valence-corrected chi connectivity index (χ3v) is 6.29. The fourth-order valence-electron chi connectivity index (χ4n) is 3.29. The van der Waals surface area contributed by atoms with Gasteiger partial charge in [0.2, 0.25) is 0 Å².